The largest absolute Gasteiger partial charge is 0.497 e. The standard InChI is InChI=1S/C17H22O.C2H6/c1-5-15(7-6-14(2)3)8-9-16-10-12-17(18-4)13-11-16;1-2/h6-13H,5H2,1-4H3;1-2H3/b9-8+,15-7+;. The Balaban J connectivity index is 0.00000172. The molecule has 0 unspecified atom stereocenters. The minimum absolute atomic E-state index is 0.892. The van der Waals surface area contributed by atoms with E-state index < -0.39 is 0 Å². The van der Waals surface area contributed by atoms with Gasteiger partial charge in [0.15, 0.2) is 0 Å². The highest BCUT2D eigenvalue weighted by Crippen LogP contribution is 2.14. The lowest BCUT2D eigenvalue weighted by molar-refractivity contribution is 0.415. The molecule has 0 bridgehead atoms. The molecule has 0 heterocycles. The van der Waals surface area contributed by atoms with Crippen LogP contribution in [0.4, 0.5) is 0 Å². The number of hydrogen-bond donors (Lipinski definition) is 0. The molecule has 0 saturated heterocycles. The second-order valence-corrected chi connectivity index (χ2v) is 4.45. The fourth-order valence-corrected chi connectivity index (χ4v) is 1.48. The van der Waals surface area contributed by atoms with Gasteiger partial charge in [-0.05, 0) is 43.5 Å². The first kappa shape index (κ1) is 18.2. The number of hydrogen-bond acceptors (Lipinski definition) is 1. The Bertz CT molecular complexity index is 443. The minimum Gasteiger partial charge on any atom is -0.497 e. The second-order valence-electron chi connectivity index (χ2n) is 4.45. The summed E-state index contributed by atoms with van der Waals surface area (Å²) in [5.41, 5.74) is 3.83. The zero-order chi connectivity index (χ0) is 15.4. The third kappa shape index (κ3) is 7.63. The Hall–Kier alpha value is -1.76. The molecular formula is C19H28O. The maximum atomic E-state index is 5.14. The zero-order valence-corrected chi connectivity index (χ0v) is 13.7. The van der Waals surface area contributed by atoms with Gasteiger partial charge in [-0.3, -0.25) is 0 Å². The van der Waals surface area contributed by atoms with Gasteiger partial charge >= 0.3 is 0 Å². The molecule has 0 aromatic heterocycles. The van der Waals surface area contributed by atoms with Gasteiger partial charge in [0.05, 0.1) is 7.11 Å². The molecule has 0 spiro atoms. The molecule has 0 fully saturated rings. The molecule has 110 valence electrons. The predicted molar refractivity (Wildman–Crippen MR) is 91.2 cm³/mol. The van der Waals surface area contributed by atoms with Crippen LogP contribution in [0.15, 0.2) is 53.6 Å². The molecule has 0 atom stereocenters. The topological polar surface area (TPSA) is 9.23 Å². The molecule has 1 nitrogen and oxygen atoms in total. The summed E-state index contributed by atoms with van der Waals surface area (Å²) in [5, 5.41) is 0. The van der Waals surface area contributed by atoms with Crippen molar-refractivity contribution >= 4 is 6.08 Å². The number of benzene rings is 1. The molecule has 0 saturated carbocycles. The van der Waals surface area contributed by atoms with Crippen molar-refractivity contribution in [2.75, 3.05) is 7.11 Å². The highest BCUT2D eigenvalue weighted by atomic mass is 16.5. The molecule has 0 N–H and O–H groups in total. The maximum Gasteiger partial charge on any atom is 0.118 e. The molecule has 1 aromatic rings. The normalized spacial score (nSPS) is 10.8. The van der Waals surface area contributed by atoms with Gasteiger partial charge in [0.1, 0.15) is 5.75 Å². The SMILES string of the molecule is CC.CCC(/C=C/c1ccc(OC)cc1)=C\C=C(C)C. The van der Waals surface area contributed by atoms with Crippen molar-refractivity contribution in [3.05, 3.63) is 59.2 Å². The van der Waals surface area contributed by atoms with Crippen LogP contribution in [0.25, 0.3) is 6.08 Å². The summed E-state index contributed by atoms with van der Waals surface area (Å²) in [7, 11) is 1.68. The van der Waals surface area contributed by atoms with E-state index in [0.29, 0.717) is 0 Å². The average Bonchev–Trinajstić information content (AvgIpc) is 2.50. The van der Waals surface area contributed by atoms with E-state index in [2.05, 4.69) is 57.2 Å². The van der Waals surface area contributed by atoms with Crippen LogP contribution in [0.3, 0.4) is 0 Å². The van der Waals surface area contributed by atoms with E-state index in [1.54, 1.807) is 7.11 Å². The van der Waals surface area contributed by atoms with Crippen molar-refractivity contribution in [3.63, 3.8) is 0 Å². The Kier molecular flexibility index (Phi) is 10.1. The van der Waals surface area contributed by atoms with Gasteiger partial charge in [-0.1, -0.05) is 62.8 Å². The third-order valence-corrected chi connectivity index (χ3v) is 2.64. The van der Waals surface area contributed by atoms with E-state index in [-0.39, 0.29) is 0 Å². The van der Waals surface area contributed by atoms with Crippen LogP contribution < -0.4 is 4.74 Å². The smallest absolute Gasteiger partial charge is 0.118 e. The first-order valence-electron chi connectivity index (χ1n) is 7.32. The molecule has 1 heteroatoms. The molecule has 0 aliphatic rings. The number of methoxy groups -OCH3 is 1. The third-order valence-electron chi connectivity index (χ3n) is 2.64. The predicted octanol–water partition coefficient (Wildman–Crippen LogP) is 6.04. The molecule has 0 amide bonds. The highest BCUT2D eigenvalue weighted by molar-refractivity contribution is 5.54. The lowest BCUT2D eigenvalue weighted by Crippen LogP contribution is -1.81. The Morgan fingerprint density at radius 3 is 2.10 bits per heavy atom. The molecule has 0 aliphatic heterocycles. The molecular weight excluding hydrogens is 244 g/mol. The Labute approximate surface area is 124 Å². The van der Waals surface area contributed by atoms with Crippen molar-refractivity contribution in [3.8, 4) is 5.75 Å². The van der Waals surface area contributed by atoms with Crippen molar-refractivity contribution in [2.24, 2.45) is 0 Å². The van der Waals surface area contributed by atoms with Crippen LogP contribution in [0.1, 0.15) is 46.6 Å². The van der Waals surface area contributed by atoms with Crippen LogP contribution in [0.5, 0.6) is 5.75 Å². The summed E-state index contributed by atoms with van der Waals surface area (Å²) in [6, 6.07) is 8.07. The van der Waals surface area contributed by atoms with Crippen molar-refractivity contribution < 1.29 is 4.74 Å². The summed E-state index contributed by atoms with van der Waals surface area (Å²) < 4.78 is 5.14. The van der Waals surface area contributed by atoms with Gasteiger partial charge in [0.25, 0.3) is 0 Å². The fourth-order valence-electron chi connectivity index (χ4n) is 1.48. The second kappa shape index (κ2) is 11.1. The van der Waals surface area contributed by atoms with E-state index in [4.69, 9.17) is 4.74 Å². The lowest BCUT2D eigenvalue weighted by Gasteiger charge is -2.00. The van der Waals surface area contributed by atoms with E-state index in [9.17, 15) is 0 Å². The van der Waals surface area contributed by atoms with Crippen LogP contribution >= 0.6 is 0 Å². The highest BCUT2D eigenvalue weighted by Gasteiger charge is 1.91. The maximum absolute atomic E-state index is 5.14. The van der Waals surface area contributed by atoms with Gasteiger partial charge in [0.2, 0.25) is 0 Å². The number of ether oxygens (including phenoxy) is 1. The van der Waals surface area contributed by atoms with Crippen molar-refractivity contribution in [1.29, 1.82) is 0 Å². The first-order valence-corrected chi connectivity index (χ1v) is 7.32. The monoisotopic (exact) mass is 272 g/mol. The molecule has 0 radical (unpaired) electrons. The molecule has 20 heavy (non-hydrogen) atoms. The van der Waals surface area contributed by atoms with Crippen LogP contribution in [-0.2, 0) is 0 Å². The fraction of sp³-hybridized carbons (Fsp3) is 0.368. The summed E-state index contributed by atoms with van der Waals surface area (Å²) in [4.78, 5) is 0. The van der Waals surface area contributed by atoms with E-state index in [1.165, 1.54) is 16.7 Å². The van der Waals surface area contributed by atoms with Gasteiger partial charge in [-0.2, -0.15) is 0 Å². The quantitative estimate of drug-likeness (QED) is 0.594. The van der Waals surface area contributed by atoms with Crippen LogP contribution in [-0.4, -0.2) is 7.11 Å². The Morgan fingerprint density at radius 1 is 1.05 bits per heavy atom. The van der Waals surface area contributed by atoms with Gasteiger partial charge in [-0.25, -0.2) is 0 Å². The van der Waals surface area contributed by atoms with Crippen LogP contribution in [0, 0.1) is 0 Å². The van der Waals surface area contributed by atoms with Crippen molar-refractivity contribution in [2.45, 2.75) is 41.0 Å². The van der Waals surface area contributed by atoms with Gasteiger partial charge in [-0.15, -0.1) is 0 Å². The molecule has 1 rings (SSSR count). The van der Waals surface area contributed by atoms with E-state index in [0.717, 1.165) is 12.2 Å². The Morgan fingerprint density at radius 2 is 1.65 bits per heavy atom. The number of allylic oxidation sites excluding steroid dienone is 5. The van der Waals surface area contributed by atoms with Gasteiger partial charge in [0, 0.05) is 0 Å². The van der Waals surface area contributed by atoms with Crippen LogP contribution in [0.2, 0.25) is 0 Å². The lowest BCUT2D eigenvalue weighted by atomic mass is 10.1. The molecule has 1 aromatic carbocycles. The average molecular weight is 272 g/mol. The summed E-state index contributed by atoms with van der Waals surface area (Å²) in [6.07, 6.45) is 9.66. The first-order chi connectivity index (χ1) is 9.65. The number of rotatable bonds is 5. The minimum atomic E-state index is 0.892. The van der Waals surface area contributed by atoms with Gasteiger partial charge < -0.3 is 4.74 Å². The molecule has 0 aliphatic carbocycles. The zero-order valence-electron chi connectivity index (χ0n) is 13.7. The summed E-state index contributed by atoms with van der Waals surface area (Å²) in [6.45, 7) is 10.4. The van der Waals surface area contributed by atoms with Crippen molar-refractivity contribution in [1.82, 2.24) is 0 Å². The van der Waals surface area contributed by atoms with E-state index in [1.807, 2.05) is 26.0 Å². The summed E-state index contributed by atoms with van der Waals surface area (Å²) in [5.74, 6) is 0.892. The summed E-state index contributed by atoms with van der Waals surface area (Å²) >= 11 is 0. The van der Waals surface area contributed by atoms with E-state index >= 15 is 0 Å².